The van der Waals surface area contributed by atoms with Gasteiger partial charge >= 0.3 is 0 Å². The Labute approximate surface area is 92.4 Å². The van der Waals surface area contributed by atoms with Gasteiger partial charge in [0.05, 0.1) is 11.9 Å². The third-order valence-electron chi connectivity index (χ3n) is 2.71. The van der Waals surface area contributed by atoms with Crippen molar-refractivity contribution in [1.82, 2.24) is 14.5 Å². The highest BCUT2D eigenvalue weighted by molar-refractivity contribution is 5.83. The van der Waals surface area contributed by atoms with E-state index in [4.69, 9.17) is 5.26 Å². The van der Waals surface area contributed by atoms with Crippen molar-refractivity contribution >= 4 is 11.0 Å². The maximum Gasteiger partial charge on any atom is 0.275 e. The van der Waals surface area contributed by atoms with Crippen molar-refractivity contribution in [1.29, 1.82) is 5.26 Å². The highest BCUT2D eigenvalue weighted by Crippen LogP contribution is 2.21. The normalized spacial score (nSPS) is 10.6. The Kier molecular flexibility index (Phi) is 2.49. The van der Waals surface area contributed by atoms with Gasteiger partial charge in [-0.05, 0) is 13.3 Å². The molecule has 0 bridgehead atoms. The summed E-state index contributed by atoms with van der Waals surface area (Å²) >= 11 is 0. The Balaban J connectivity index is 3.04. The minimum absolute atomic E-state index is 0.192. The van der Waals surface area contributed by atoms with E-state index >= 15 is 0 Å². The van der Waals surface area contributed by atoms with Crippen molar-refractivity contribution in [3.05, 3.63) is 27.9 Å². The first-order valence-electron chi connectivity index (χ1n) is 5.23. The molecule has 0 aliphatic heterocycles. The molecule has 2 aromatic rings. The van der Waals surface area contributed by atoms with E-state index in [9.17, 15) is 4.79 Å². The van der Waals surface area contributed by atoms with Crippen LogP contribution < -0.4 is 5.56 Å². The molecule has 2 aromatic heterocycles. The number of hydrogen-bond acceptors (Lipinski definition) is 3. The van der Waals surface area contributed by atoms with Gasteiger partial charge < -0.3 is 9.55 Å². The molecular formula is C11H12N4O. The van der Waals surface area contributed by atoms with Gasteiger partial charge in [0.25, 0.3) is 5.56 Å². The summed E-state index contributed by atoms with van der Waals surface area (Å²) in [5.41, 5.74) is 2.21. The molecule has 0 unspecified atom stereocenters. The predicted molar refractivity (Wildman–Crippen MR) is 60.1 cm³/mol. The van der Waals surface area contributed by atoms with Crippen LogP contribution in [-0.2, 0) is 13.0 Å². The van der Waals surface area contributed by atoms with Crippen molar-refractivity contribution in [2.24, 2.45) is 0 Å². The van der Waals surface area contributed by atoms with Crippen LogP contribution in [0.25, 0.3) is 11.0 Å². The summed E-state index contributed by atoms with van der Waals surface area (Å²) in [7, 11) is 0. The maximum atomic E-state index is 11.7. The monoisotopic (exact) mass is 216 g/mol. The zero-order valence-corrected chi connectivity index (χ0v) is 9.24. The second kappa shape index (κ2) is 3.81. The molecule has 0 atom stereocenters. The molecule has 5 heteroatoms. The fraction of sp³-hybridized carbons (Fsp3) is 0.364. The Morgan fingerprint density at radius 3 is 2.88 bits per heavy atom. The number of aromatic nitrogens is 3. The number of aryl methyl sites for hydroxylation is 1. The summed E-state index contributed by atoms with van der Waals surface area (Å²) in [6.45, 7) is 4.58. The first kappa shape index (κ1) is 10.4. The lowest BCUT2D eigenvalue weighted by Crippen LogP contribution is -2.11. The summed E-state index contributed by atoms with van der Waals surface area (Å²) in [5, 5.41) is 9.13. The number of rotatable bonds is 2. The van der Waals surface area contributed by atoms with Crippen LogP contribution in [0.1, 0.15) is 25.1 Å². The van der Waals surface area contributed by atoms with Gasteiger partial charge in [-0.2, -0.15) is 5.26 Å². The topological polar surface area (TPSA) is 74.5 Å². The molecule has 16 heavy (non-hydrogen) atoms. The largest absolute Gasteiger partial charge is 0.338 e. The van der Waals surface area contributed by atoms with Crippen LogP contribution in [0.2, 0.25) is 0 Å². The molecule has 0 spiro atoms. The van der Waals surface area contributed by atoms with E-state index in [0.29, 0.717) is 29.6 Å². The zero-order chi connectivity index (χ0) is 11.7. The summed E-state index contributed by atoms with van der Waals surface area (Å²) < 4.78 is 1.86. The van der Waals surface area contributed by atoms with E-state index < -0.39 is 0 Å². The van der Waals surface area contributed by atoms with Gasteiger partial charge in [0.2, 0.25) is 0 Å². The lowest BCUT2D eigenvalue weighted by Gasteiger charge is -2.04. The number of nitriles is 1. The van der Waals surface area contributed by atoms with Gasteiger partial charge in [0, 0.05) is 12.2 Å². The van der Waals surface area contributed by atoms with Gasteiger partial charge in [-0.15, -0.1) is 0 Å². The first-order valence-corrected chi connectivity index (χ1v) is 5.23. The smallest absolute Gasteiger partial charge is 0.275 e. The Morgan fingerprint density at radius 1 is 1.56 bits per heavy atom. The molecule has 0 fully saturated rings. The highest BCUT2D eigenvalue weighted by Gasteiger charge is 2.17. The molecule has 0 amide bonds. The Bertz CT molecular complexity index is 630. The van der Waals surface area contributed by atoms with Crippen molar-refractivity contribution in [2.75, 3.05) is 0 Å². The van der Waals surface area contributed by atoms with Gasteiger partial charge in [-0.1, -0.05) is 6.92 Å². The fourth-order valence-electron chi connectivity index (χ4n) is 2.07. The van der Waals surface area contributed by atoms with E-state index in [2.05, 4.69) is 16.0 Å². The SMILES string of the molecule is CCc1c(C#N)c2nc[nH]c(=O)c2n1CC. The average molecular weight is 216 g/mol. The fourth-order valence-corrected chi connectivity index (χ4v) is 2.07. The molecule has 2 rings (SSSR count). The van der Waals surface area contributed by atoms with Crippen molar-refractivity contribution in [3.8, 4) is 6.07 Å². The minimum Gasteiger partial charge on any atom is -0.338 e. The Morgan fingerprint density at radius 2 is 2.31 bits per heavy atom. The van der Waals surface area contributed by atoms with E-state index in [1.54, 1.807) is 0 Å². The van der Waals surface area contributed by atoms with Crippen LogP contribution >= 0.6 is 0 Å². The first-order chi connectivity index (χ1) is 7.74. The highest BCUT2D eigenvalue weighted by atomic mass is 16.1. The summed E-state index contributed by atoms with van der Waals surface area (Å²) in [4.78, 5) is 18.4. The molecule has 5 nitrogen and oxygen atoms in total. The predicted octanol–water partition coefficient (Wildman–Crippen LogP) is 1.18. The van der Waals surface area contributed by atoms with Crippen LogP contribution in [0.4, 0.5) is 0 Å². The Hall–Kier alpha value is -2.09. The molecule has 0 aliphatic rings. The quantitative estimate of drug-likeness (QED) is 0.819. The van der Waals surface area contributed by atoms with E-state index in [1.807, 2.05) is 18.4 Å². The van der Waals surface area contributed by atoms with Crippen molar-refractivity contribution in [2.45, 2.75) is 26.8 Å². The summed E-state index contributed by atoms with van der Waals surface area (Å²) in [6.07, 6.45) is 2.05. The minimum atomic E-state index is -0.192. The van der Waals surface area contributed by atoms with Crippen LogP contribution in [0.5, 0.6) is 0 Å². The molecule has 0 aliphatic carbocycles. The molecule has 0 saturated heterocycles. The maximum absolute atomic E-state index is 11.7. The number of nitrogens with zero attached hydrogens (tertiary/aromatic N) is 3. The van der Waals surface area contributed by atoms with Crippen LogP contribution in [-0.4, -0.2) is 14.5 Å². The van der Waals surface area contributed by atoms with Crippen LogP contribution in [0.3, 0.4) is 0 Å². The summed E-state index contributed by atoms with van der Waals surface area (Å²) in [5.74, 6) is 0. The molecule has 0 radical (unpaired) electrons. The summed E-state index contributed by atoms with van der Waals surface area (Å²) in [6, 6.07) is 2.14. The standard InChI is InChI=1S/C11H12N4O/c1-3-8-7(5-12)9-10(15(8)4-2)11(16)14-6-13-9/h6H,3-4H2,1-2H3,(H,13,14,16). The van der Waals surface area contributed by atoms with Gasteiger partial charge in [-0.25, -0.2) is 4.98 Å². The van der Waals surface area contributed by atoms with Crippen molar-refractivity contribution in [3.63, 3.8) is 0 Å². The lowest BCUT2D eigenvalue weighted by molar-refractivity contribution is 0.740. The van der Waals surface area contributed by atoms with E-state index in [1.165, 1.54) is 6.33 Å². The number of fused-ring (bicyclic) bond motifs is 1. The number of H-pyrrole nitrogens is 1. The number of aromatic amines is 1. The van der Waals surface area contributed by atoms with Gasteiger partial charge in [0.1, 0.15) is 17.1 Å². The van der Waals surface area contributed by atoms with Crippen LogP contribution in [0.15, 0.2) is 11.1 Å². The second-order valence-electron chi connectivity index (χ2n) is 3.46. The van der Waals surface area contributed by atoms with Gasteiger partial charge in [0.15, 0.2) is 0 Å². The molecule has 0 saturated carbocycles. The van der Waals surface area contributed by atoms with Crippen LogP contribution in [0, 0.1) is 11.3 Å². The molecule has 0 aromatic carbocycles. The number of hydrogen-bond donors (Lipinski definition) is 1. The second-order valence-corrected chi connectivity index (χ2v) is 3.46. The van der Waals surface area contributed by atoms with E-state index in [0.717, 1.165) is 5.69 Å². The third-order valence-corrected chi connectivity index (χ3v) is 2.71. The molecular weight excluding hydrogens is 204 g/mol. The van der Waals surface area contributed by atoms with Crippen molar-refractivity contribution < 1.29 is 0 Å². The average Bonchev–Trinajstić information content (AvgIpc) is 2.62. The molecule has 2 heterocycles. The van der Waals surface area contributed by atoms with E-state index in [-0.39, 0.29) is 5.56 Å². The molecule has 1 N–H and O–H groups in total. The lowest BCUT2D eigenvalue weighted by atomic mass is 10.2. The third kappa shape index (κ3) is 1.23. The number of nitrogens with one attached hydrogen (secondary N) is 1. The van der Waals surface area contributed by atoms with Gasteiger partial charge in [-0.3, -0.25) is 4.79 Å². The zero-order valence-electron chi connectivity index (χ0n) is 9.24. The molecule has 82 valence electrons.